The maximum atomic E-state index is 12.1. The van der Waals surface area contributed by atoms with Gasteiger partial charge in [-0.1, -0.05) is 51.3 Å². The van der Waals surface area contributed by atoms with E-state index < -0.39 is 0 Å². The van der Waals surface area contributed by atoms with Gasteiger partial charge in [-0.25, -0.2) is 0 Å². The molecule has 0 aliphatic carbocycles. The first kappa shape index (κ1) is 15.7. The fourth-order valence-electron chi connectivity index (χ4n) is 1.79. The summed E-state index contributed by atoms with van der Waals surface area (Å²) in [5, 5.41) is 4.01. The van der Waals surface area contributed by atoms with Crippen LogP contribution in [0.2, 0.25) is 0 Å². The van der Waals surface area contributed by atoms with Crippen LogP contribution >= 0.6 is 31.9 Å². The van der Waals surface area contributed by atoms with E-state index in [1.165, 1.54) is 0 Å². The smallest absolute Gasteiger partial charge is 0.251 e. The van der Waals surface area contributed by atoms with Crippen LogP contribution in [0.4, 0.5) is 0 Å². The maximum Gasteiger partial charge on any atom is 0.251 e. The van der Waals surface area contributed by atoms with Crippen molar-refractivity contribution < 1.29 is 4.79 Å². The second-order valence-electron chi connectivity index (χ2n) is 4.37. The molecule has 1 rings (SSSR count). The molecule has 0 bridgehead atoms. The Bertz CT molecular complexity index is 407. The lowest BCUT2D eigenvalue weighted by Gasteiger charge is -2.15. The highest BCUT2D eigenvalue weighted by Gasteiger charge is 2.12. The van der Waals surface area contributed by atoms with Gasteiger partial charge in [0.2, 0.25) is 0 Å². The number of amides is 1. The van der Waals surface area contributed by atoms with Gasteiger partial charge in [0.1, 0.15) is 0 Å². The molecule has 0 aromatic heterocycles. The highest BCUT2D eigenvalue weighted by atomic mass is 79.9. The molecule has 0 aliphatic rings. The molecule has 0 fully saturated rings. The minimum Gasteiger partial charge on any atom is -0.352 e. The molecule has 0 aliphatic heterocycles. The molecule has 1 N–H and O–H groups in total. The van der Waals surface area contributed by atoms with Crippen molar-refractivity contribution in [3.8, 4) is 0 Å². The molecule has 1 amide bonds. The molecule has 1 unspecified atom stereocenters. The number of carbonyl (C=O) groups excluding carboxylic acids is 1. The van der Waals surface area contributed by atoms with Crippen LogP contribution in [-0.4, -0.2) is 17.8 Å². The Morgan fingerprint density at radius 1 is 1.44 bits per heavy atom. The van der Waals surface area contributed by atoms with Gasteiger partial charge in [0, 0.05) is 21.9 Å². The first-order valence-corrected chi connectivity index (χ1v) is 8.10. The van der Waals surface area contributed by atoms with Crippen molar-refractivity contribution in [3.63, 3.8) is 0 Å². The van der Waals surface area contributed by atoms with Crippen molar-refractivity contribution in [1.29, 1.82) is 0 Å². The average molecular weight is 377 g/mol. The molecule has 2 nitrogen and oxygen atoms in total. The molecule has 100 valence electrons. The van der Waals surface area contributed by atoms with Gasteiger partial charge in [-0.3, -0.25) is 4.79 Å². The minimum atomic E-state index is 0.0156. The lowest BCUT2D eigenvalue weighted by atomic mass is 10.0. The number of halogens is 2. The van der Waals surface area contributed by atoms with Crippen molar-refractivity contribution in [2.45, 2.75) is 26.7 Å². The quantitative estimate of drug-likeness (QED) is 0.737. The summed E-state index contributed by atoms with van der Waals surface area (Å²) in [7, 11) is 0. The van der Waals surface area contributed by atoms with Crippen molar-refractivity contribution in [1.82, 2.24) is 5.32 Å². The molecular formula is C14H19Br2NO. The van der Waals surface area contributed by atoms with Gasteiger partial charge in [0.15, 0.2) is 0 Å². The van der Waals surface area contributed by atoms with E-state index in [0.29, 0.717) is 5.92 Å². The fourth-order valence-corrected chi connectivity index (χ4v) is 2.80. The van der Waals surface area contributed by atoms with Gasteiger partial charge in [0.05, 0.1) is 0 Å². The number of alkyl halides is 1. The van der Waals surface area contributed by atoms with Crippen LogP contribution in [0.3, 0.4) is 0 Å². The Morgan fingerprint density at radius 3 is 2.78 bits per heavy atom. The molecule has 4 heteroatoms. The molecule has 0 radical (unpaired) electrons. The van der Waals surface area contributed by atoms with E-state index in [-0.39, 0.29) is 5.91 Å². The zero-order valence-electron chi connectivity index (χ0n) is 10.8. The van der Waals surface area contributed by atoms with E-state index in [1.807, 2.05) is 25.1 Å². The first-order chi connectivity index (χ1) is 8.60. The van der Waals surface area contributed by atoms with Crippen LogP contribution in [0.1, 0.15) is 35.7 Å². The molecule has 1 atom stereocenters. The second-order valence-corrected chi connectivity index (χ2v) is 6.02. The lowest BCUT2D eigenvalue weighted by Crippen LogP contribution is -2.29. The predicted molar refractivity (Wildman–Crippen MR) is 83.4 cm³/mol. The summed E-state index contributed by atoms with van der Waals surface area (Å²) in [6.07, 6.45) is 2.18. The number of nitrogens with one attached hydrogen (secondary N) is 1. The molecule has 0 spiro atoms. The van der Waals surface area contributed by atoms with Gasteiger partial charge in [0.25, 0.3) is 5.91 Å². The molecular weight excluding hydrogens is 358 g/mol. The number of hydrogen-bond donors (Lipinski definition) is 1. The number of carbonyl (C=O) groups is 1. The van der Waals surface area contributed by atoms with E-state index in [2.05, 4.69) is 44.1 Å². The Morgan fingerprint density at radius 2 is 2.17 bits per heavy atom. The zero-order valence-corrected chi connectivity index (χ0v) is 14.0. The summed E-state index contributed by atoms with van der Waals surface area (Å²) in [5.74, 6) is 0.558. The molecule has 1 aromatic rings. The van der Waals surface area contributed by atoms with E-state index in [4.69, 9.17) is 0 Å². The van der Waals surface area contributed by atoms with Crippen LogP contribution in [0.15, 0.2) is 22.7 Å². The summed E-state index contributed by atoms with van der Waals surface area (Å²) >= 11 is 6.89. The maximum absolute atomic E-state index is 12.1. The van der Waals surface area contributed by atoms with Crippen molar-refractivity contribution in [2.75, 3.05) is 11.9 Å². The van der Waals surface area contributed by atoms with E-state index in [1.54, 1.807) is 0 Å². The number of hydrogen-bond acceptors (Lipinski definition) is 1. The SMILES string of the molecule is CCC(CCBr)CNC(=O)c1cccc(Br)c1C. The van der Waals surface area contributed by atoms with Gasteiger partial charge >= 0.3 is 0 Å². The summed E-state index contributed by atoms with van der Waals surface area (Å²) < 4.78 is 0.975. The fraction of sp³-hybridized carbons (Fsp3) is 0.500. The number of rotatable bonds is 6. The van der Waals surface area contributed by atoms with E-state index in [9.17, 15) is 4.79 Å². The van der Waals surface area contributed by atoms with Crippen molar-refractivity contribution in [2.24, 2.45) is 5.92 Å². The van der Waals surface area contributed by atoms with Gasteiger partial charge in [-0.05, 0) is 37.0 Å². The second kappa shape index (κ2) is 7.95. The molecule has 1 aromatic carbocycles. The zero-order chi connectivity index (χ0) is 13.5. The van der Waals surface area contributed by atoms with Crippen molar-refractivity contribution in [3.05, 3.63) is 33.8 Å². The Labute approximate surface area is 126 Å². The predicted octanol–water partition coefficient (Wildman–Crippen LogP) is 4.30. The van der Waals surface area contributed by atoms with Crippen LogP contribution in [0.5, 0.6) is 0 Å². The largest absolute Gasteiger partial charge is 0.352 e. The topological polar surface area (TPSA) is 29.1 Å². The van der Waals surface area contributed by atoms with Crippen LogP contribution < -0.4 is 5.32 Å². The third-order valence-electron chi connectivity index (χ3n) is 3.16. The molecule has 18 heavy (non-hydrogen) atoms. The van der Waals surface area contributed by atoms with Crippen molar-refractivity contribution >= 4 is 37.8 Å². The Kier molecular flexibility index (Phi) is 6.94. The molecule has 0 heterocycles. The van der Waals surface area contributed by atoms with E-state index >= 15 is 0 Å². The monoisotopic (exact) mass is 375 g/mol. The van der Waals surface area contributed by atoms with Gasteiger partial charge in [-0.15, -0.1) is 0 Å². The summed E-state index contributed by atoms with van der Waals surface area (Å²) in [6.45, 7) is 4.85. The standard InChI is InChI=1S/C14H19Br2NO/c1-3-11(7-8-15)9-17-14(18)12-5-4-6-13(16)10(12)2/h4-6,11H,3,7-9H2,1-2H3,(H,17,18). The third kappa shape index (κ3) is 4.39. The summed E-state index contributed by atoms with van der Waals surface area (Å²) in [4.78, 5) is 12.1. The molecule has 0 saturated heterocycles. The third-order valence-corrected chi connectivity index (χ3v) is 4.48. The minimum absolute atomic E-state index is 0.0156. The Balaban J connectivity index is 2.62. The normalized spacial score (nSPS) is 12.2. The lowest BCUT2D eigenvalue weighted by molar-refractivity contribution is 0.0946. The van der Waals surface area contributed by atoms with Gasteiger partial charge in [-0.2, -0.15) is 0 Å². The summed E-state index contributed by atoms with van der Waals surface area (Å²) in [5.41, 5.74) is 1.74. The molecule has 0 saturated carbocycles. The number of benzene rings is 1. The Hall–Kier alpha value is -0.350. The van der Waals surface area contributed by atoms with Crippen LogP contribution in [-0.2, 0) is 0 Å². The van der Waals surface area contributed by atoms with Gasteiger partial charge < -0.3 is 5.32 Å². The highest BCUT2D eigenvalue weighted by molar-refractivity contribution is 9.10. The van der Waals surface area contributed by atoms with E-state index in [0.717, 1.165) is 40.3 Å². The highest BCUT2D eigenvalue weighted by Crippen LogP contribution is 2.19. The summed E-state index contributed by atoms with van der Waals surface area (Å²) in [6, 6.07) is 5.70. The first-order valence-electron chi connectivity index (χ1n) is 6.19. The average Bonchev–Trinajstić information content (AvgIpc) is 2.37. The van der Waals surface area contributed by atoms with Crippen LogP contribution in [0.25, 0.3) is 0 Å². The van der Waals surface area contributed by atoms with Crippen LogP contribution in [0, 0.1) is 12.8 Å².